The van der Waals surface area contributed by atoms with Gasteiger partial charge in [0.1, 0.15) is 0 Å². The molecule has 3 nitrogen and oxygen atoms in total. The summed E-state index contributed by atoms with van der Waals surface area (Å²) in [5.74, 6) is 1.17. The van der Waals surface area contributed by atoms with Crippen LogP contribution in [0.1, 0.15) is 12.8 Å². The molecule has 92 valence electrons. The molecule has 1 aromatic rings. The standard InChI is InChI=1S/C13H18N2OS/c14-8-12(10-6-7-10)15-13(16)9-17-11-4-2-1-3-5-11/h1-5,10,12H,6-9,14H2,(H,15,16). The van der Waals surface area contributed by atoms with E-state index in [9.17, 15) is 4.79 Å². The zero-order chi connectivity index (χ0) is 12.1. The summed E-state index contributed by atoms with van der Waals surface area (Å²) in [4.78, 5) is 12.9. The number of hydrogen-bond acceptors (Lipinski definition) is 3. The van der Waals surface area contributed by atoms with E-state index < -0.39 is 0 Å². The van der Waals surface area contributed by atoms with Crippen LogP contribution in [0.2, 0.25) is 0 Å². The summed E-state index contributed by atoms with van der Waals surface area (Å²) in [6.45, 7) is 0.548. The third-order valence-corrected chi connectivity index (χ3v) is 3.92. The van der Waals surface area contributed by atoms with Gasteiger partial charge in [-0.05, 0) is 30.9 Å². The Morgan fingerprint density at radius 3 is 2.71 bits per heavy atom. The molecule has 0 aliphatic heterocycles. The van der Waals surface area contributed by atoms with Crippen LogP contribution >= 0.6 is 11.8 Å². The van der Waals surface area contributed by atoms with E-state index in [4.69, 9.17) is 5.73 Å². The molecular formula is C13H18N2OS. The molecule has 0 spiro atoms. The Balaban J connectivity index is 1.73. The highest BCUT2D eigenvalue weighted by molar-refractivity contribution is 8.00. The zero-order valence-electron chi connectivity index (χ0n) is 9.76. The molecule has 1 unspecified atom stereocenters. The monoisotopic (exact) mass is 250 g/mol. The van der Waals surface area contributed by atoms with Gasteiger partial charge in [0.15, 0.2) is 0 Å². The van der Waals surface area contributed by atoms with Gasteiger partial charge < -0.3 is 11.1 Å². The maximum Gasteiger partial charge on any atom is 0.230 e. The quantitative estimate of drug-likeness (QED) is 0.755. The minimum atomic E-state index is 0.0844. The van der Waals surface area contributed by atoms with E-state index in [0.29, 0.717) is 18.2 Å². The fourth-order valence-electron chi connectivity index (χ4n) is 1.78. The number of rotatable bonds is 6. The van der Waals surface area contributed by atoms with Crippen molar-refractivity contribution in [1.29, 1.82) is 0 Å². The normalized spacial score (nSPS) is 16.5. The lowest BCUT2D eigenvalue weighted by molar-refractivity contribution is -0.119. The summed E-state index contributed by atoms with van der Waals surface area (Å²) in [5, 5.41) is 3.01. The third kappa shape index (κ3) is 4.06. The van der Waals surface area contributed by atoms with Gasteiger partial charge >= 0.3 is 0 Å². The van der Waals surface area contributed by atoms with E-state index in [2.05, 4.69) is 5.32 Å². The van der Waals surface area contributed by atoms with Crippen LogP contribution in [-0.4, -0.2) is 24.2 Å². The number of thioether (sulfide) groups is 1. The number of carbonyl (C=O) groups excluding carboxylic acids is 1. The van der Waals surface area contributed by atoms with Crippen LogP contribution < -0.4 is 11.1 Å². The van der Waals surface area contributed by atoms with Crippen molar-refractivity contribution in [2.75, 3.05) is 12.3 Å². The Labute approximate surface area is 106 Å². The minimum absolute atomic E-state index is 0.0844. The smallest absolute Gasteiger partial charge is 0.230 e. The predicted molar refractivity (Wildman–Crippen MR) is 70.9 cm³/mol. The van der Waals surface area contributed by atoms with Crippen molar-refractivity contribution in [1.82, 2.24) is 5.32 Å². The van der Waals surface area contributed by atoms with Crippen molar-refractivity contribution in [2.45, 2.75) is 23.8 Å². The van der Waals surface area contributed by atoms with Gasteiger partial charge in [0.25, 0.3) is 0 Å². The van der Waals surface area contributed by atoms with E-state index in [0.717, 1.165) is 4.90 Å². The van der Waals surface area contributed by atoms with Crippen LogP contribution in [0.25, 0.3) is 0 Å². The summed E-state index contributed by atoms with van der Waals surface area (Å²) < 4.78 is 0. The molecule has 3 N–H and O–H groups in total. The van der Waals surface area contributed by atoms with Crippen LogP contribution in [0, 0.1) is 5.92 Å². The molecule has 1 aliphatic rings. The molecule has 17 heavy (non-hydrogen) atoms. The van der Waals surface area contributed by atoms with E-state index in [-0.39, 0.29) is 11.9 Å². The predicted octanol–water partition coefficient (Wildman–Crippen LogP) is 1.63. The molecule has 1 aliphatic carbocycles. The maximum absolute atomic E-state index is 11.7. The van der Waals surface area contributed by atoms with Gasteiger partial charge in [0, 0.05) is 17.5 Å². The van der Waals surface area contributed by atoms with Crippen LogP contribution in [0.15, 0.2) is 35.2 Å². The first-order chi connectivity index (χ1) is 8.29. The fraction of sp³-hybridized carbons (Fsp3) is 0.462. The Hall–Kier alpha value is -1.00. The molecule has 4 heteroatoms. The summed E-state index contributed by atoms with van der Waals surface area (Å²) in [6, 6.07) is 10.1. The molecule has 0 radical (unpaired) electrons. The van der Waals surface area contributed by atoms with E-state index >= 15 is 0 Å². The molecule has 1 fully saturated rings. The van der Waals surface area contributed by atoms with Crippen LogP contribution in [0.3, 0.4) is 0 Å². The fourth-order valence-corrected chi connectivity index (χ4v) is 2.51. The Bertz CT molecular complexity index is 365. The SMILES string of the molecule is NCC(NC(=O)CSc1ccccc1)C1CC1. The summed E-state index contributed by atoms with van der Waals surface area (Å²) in [6.07, 6.45) is 2.40. The Morgan fingerprint density at radius 1 is 1.41 bits per heavy atom. The zero-order valence-corrected chi connectivity index (χ0v) is 10.6. The van der Waals surface area contributed by atoms with Crippen LogP contribution in [0.4, 0.5) is 0 Å². The van der Waals surface area contributed by atoms with Crippen molar-refractivity contribution < 1.29 is 4.79 Å². The van der Waals surface area contributed by atoms with Gasteiger partial charge in [0.05, 0.1) is 5.75 Å². The third-order valence-electron chi connectivity index (χ3n) is 2.90. The highest BCUT2D eigenvalue weighted by atomic mass is 32.2. The first-order valence-electron chi connectivity index (χ1n) is 5.97. The number of hydrogen-bond donors (Lipinski definition) is 2. The van der Waals surface area contributed by atoms with E-state index in [1.54, 1.807) is 11.8 Å². The van der Waals surface area contributed by atoms with Crippen molar-refractivity contribution >= 4 is 17.7 Å². The molecule has 1 aromatic carbocycles. The van der Waals surface area contributed by atoms with Gasteiger partial charge in [-0.25, -0.2) is 0 Å². The highest BCUT2D eigenvalue weighted by Gasteiger charge is 2.31. The second-order valence-electron chi connectivity index (χ2n) is 4.35. The maximum atomic E-state index is 11.7. The summed E-state index contributed by atoms with van der Waals surface area (Å²) in [7, 11) is 0. The van der Waals surface area contributed by atoms with E-state index in [1.165, 1.54) is 12.8 Å². The molecular weight excluding hydrogens is 232 g/mol. The molecule has 1 atom stereocenters. The molecule has 0 aromatic heterocycles. The van der Waals surface area contributed by atoms with Gasteiger partial charge in [-0.1, -0.05) is 18.2 Å². The van der Waals surface area contributed by atoms with Gasteiger partial charge in [-0.3, -0.25) is 4.79 Å². The number of nitrogens with one attached hydrogen (secondary N) is 1. The number of benzene rings is 1. The lowest BCUT2D eigenvalue weighted by Gasteiger charge is -2.15. The summed E-state index contributed by atoms with van der Waals surface area (Å²) >= 11 is 1.56. The second kappa shape index (κ2) is 6.07. The lowest BCUT2D eigenvalue weighted by atomic mass is 10.2. The molecule has 1 amide bonds. The van der Waals surface area contributed by atoms with E-state index in [1.807, 2.05) is 30.3 Å². The minimum Gasteiger partial charge on any atom is -0.351 e. The highest BCUT2D eigenvalue weighted by Crippen LogP contribution is 2.32. The molecule has 2 rings (SSSR count). The topological polar surface area (TPSA) is 55.1 Å². The van der Waals surface area contributed by atoms with Crippen LogP contribution in [0.5, 0.6) is 0 Å². The van der Waals surface area contributed by atoms with Crippen molar-refractivity contribution in [3.05, 3.63) is 30.3 Å². The average Bonchev–Trinajstić information content (AvgIpc) is 3.19. The largest absolute Gasteiger partial charge is 0.351 e. The van der Waals surface area contributed by atoms with Crippen molar-refractivity contribution in [3.8, 4) is 0 Å². The number of amides is 1. The first kappa shape index (κ1) is 12.5. The van der Waals surface area contributed by atoms with Crippen molar-refractivity contribution in [2.24, 2.45) is 11.7 Å². The average molecular weight is 250 g/mol. The van der Waals surface area contributed by atoms with Gasteiger partial charge in [0.2, 0.25) is 5.91 Å². The number of nitrogens with two attached hydrogens (primary N) is 1. The number of carbonyl (C=O) groups is 1. The second-order valence-corrected chi connectivity index (χ2v) is 5.40. The molecule has 0 heterocycles. The summed E-state index contributed by atoms with van der Waals surface area (Å²) in [5.41, 5.74) is 5.65. The molecule has 0 bridgehead atoms. The lowest BCUT2D eigenvalue weighted by Crippen LogP contribution is -2.42. The molecule has 1 saturated carbocycles. The Morgan fingerprint density at radius 2 is 2.12 bits per heavy atom. The van der Waals surface area contributed by atoms with Crippen molar-refractivity contribution in [3.63, 3.8) is 0 Å². The van der Waals surface area contributed by atoms with Gasteiger partial charge in [-0.15, -0.1) is 11.8 Å². The first-order valence-corrected chi connectivity index (χ1v) is 6.95. The molecule has 0 saturated heterocycles. The Kier molecular flexibility index (Phi) is 4.45. The van der Waals surface area contributed by atoms with Crippen LogP contribution in [-0.2, 0) is 4.79 Å². The van der Waals surface area contributed by atoms with Gasteiger partial charge in [-0.2, -0.15) is 0 Å².